The van der Waals surface area contributed by atoms with Crippen LogP contribution in [0.1, 0.15) is 15.2 Å². The molecule has 3 aromatic rings. The molecule has 2 heterocycles. The number of benzene rings is 1. The molecule has 1 aromatic carbocycles. The van der Waals surface area contributed by atoms with Gasteiger partial charge in [0.15, 0.2) is 0 Å². The number of nitrogens with one attached hydrogen (secondary N) is 1. The molecule has 0 bridgehead atoms. The highest BCUT2D eigenvalue weighted by Gasteiger charge is 2.11. The van der Waals surface area contributed by atoms with Crippen LogP contribution in [0.2, 0.25) is 0 Å². The third-order valence-corrected chi connectivity index (χ3v) is 4.91. The van der Waals surface area contributed by atoms with Crippen LogP contribution < -0.4 is 5.32 Å². The van der Waals surface area contributed by atoms with Crippen molar-refractivity contribution in [3.8, 4) is 11.8 Å². The largest absolute Gasteiger partial charge is 0.384 e. The molecule has 104 valence electrons. The van der Waals surface area contributed by atoms with Gasteiger partial charge in [0.25, 0.3) is 5.91 Å². The highest BCUT2D eigenvalue weighted by molar-refractivity contribution is 7.27. The summed E-state index contributed by atoms with van der Waals surface area (Å²) in [6.07, 6.45) is 0. The molecular formula is C16H11NO2S2. The molecule has 21 heavy (non-hydrogen) atoms. The number of amides is 1. The zero-order valence-electron chi connectivity index (χ0n) is 10.9. The first kappa shape index (κ1) is 13.8. The van der Waals surface area contributed by atoms with Gasteiger partial charge in [-0.05, 0) is 41.8 Å². The van der Waals surface area contributed by atoms with Crippen LogP contribution in [-0.2, 0) is 0 Å². The number of anilines is 1. The van der Waals surface area contributed by atoms with Crippen LogP contribution in [0.25, 0.3) is 9.40 Å². The molecule has 3 nitrogen and oxygen atoms in total. The Bertz CT molecular complexity index is 806. The minimum atomic E-state index is -0.159. The Morgan fingerprint density at radius 2 is 2.00 bits per heavy atom. The standard InChI is InChI=1S/C16H11NO2S2/c18-8-1-2-11-3-5-12(6-4-11)17-16(19)15-10-14-13(21-15)7-9-20-14/h3-7,9-10,18H,8H2,(H,17,19). The number of aliphatic hydroxyl groups is 1. The number of carbonyl (C=O) groups excluding carboxylic acids is 1. The summed E-state index contributed by atoms with van der Waals surface area (Å²) in [5.41, 5.74) is 1.53. The second-order valence-corrected chi connectivity index (χ2v) is 6.28. The smallest absolute Gasteiger partial charge is 0.265 e. The first-order chi connectivity index (χ1) is 10.3. The minimum absolute atomic E-state index is 0.0995. The van der Waals surface area contributed by atoms with Crippen molar-refractivity contribution >= 4 is 43.7 Å². The van der Waals surface area contributed by atoms with Crippen LogP contribution in [0.15, 0.2) is 41.8 Å². The van der Waals surface area contributed by atoms with E-state index in [-0.39, 0.29) is 12.5 Å². The van der Waals surface area contributed by atoms with E-state index in [0.717, 1.165) is 20.7 Å². The van der Waals surface area contributed by atoms with Gasteiger partial charge in [0.2, 0.25) is 0 Å². The third-order valence-electron chi connectivity index (χ3n) is 2.82. The number of fused-ring (bicyclic) bond motifs is 1. The molecule has 0 saturated carbocycles. The summed E-state index contributed by atoms with van der Waals surface area (Å²) in [6, 6.07) is 11.2. The molecule has 0 aliphatic carbocycles. The Balaban J connectivity index is 1.73. The lowest BCUT2D eigenvalue weighted by Crippen LogP contribution is -2.09. The van der Waals surface area contributed by atoms with Crippen LogP contribution in [0.5, 0.6) is 0 Å². The van der Waals surface area contributed by atoms with Crippen LogP contribution in [0.4, 0.5) is 5.69 Å². The Kier molecular flexibility index (Phi) is 4.02. The quantitative estimate of drug-likeness (QED) is 0.711. The van der Waals surface area contributed by atoms with Crippen LogP contribution >= 0.6 is 22.7 Å². The third kappa shape index (κ3) is 3.14. The van der Waals surface area contributed by atoms with Crippen molar-refractivity contribution in [3.05, 3.63) is 52.2 Å². The van der Waals surface area contributed by atoms with Gasteiger partial charge >= 0.3 is 0 Å². The number of rotatable bonds is 2. The van der Waals surface area contributed by atoms with E-state index in [4.69, 9.17) is 5.11 Å². The van der Waals surface area contributed by atoms with Gasteiger partial charge in [0.05, 0.1) is 4.88 Å². The van der Waals surface area contributed by atoms with Gasteiger partial charge in [-0.25, -0.2) is 0 Å². The zero-order chi connectivity index (χ0) is 14.7. The highest BCUT2D eigenvalue weighted by Crippen LogP contribution is 2.30. The van der Waals surface area contributed by atoms with Gasteiger partial charge in [-0.3, -0.25) is 4.79 Å². The summed E-state index contributed by atoms with van der Waals surface area (Å²) < 4.78 is 2.28. The molecule has 2 N–H and O–H groups in total. The lowest BCUT2D eigenvalue weighted by molar-refractivity contribution is 0.103. The molecule has 3 rings (SSSR count). The van der Waals surface area contributed by atoms with Gasteiger partial charge in [-0.2, -0.15) is 0 Å². The van der Waals surface area contributed by atoms with Gasteiger partial charge < -0.3 is 10.4 Å². The number of thiophene rings is 2. The normalized spacial score (nSPS) is 10.1. The maximum Gasteiger partial charge on any atom is 0.265 e. The van der Waals surface area contributed by atoms with Crippen LogP contribution in [0.3, 0.4) is 0 Å². The summed E-state index contributed by atoms with van der Waals surface area (Å²) in [4.78, 5) is 12.9. The predicted molar refractivity (Wildman–Crippen MR) is 88.1 cm³/mol. The van der Waals surface area contributed by atoms with Crippen molar-refractivity contribution in [2.45, 2.75) is 0 Å². The molecule has 0 fully saturated rings. The second kappa shape index (κ2) is 6.10. The average molecular weight is 313 g/mol. The van der Waals surface area contributed by atoms with Crippen molar-refractivity contribution < 1.29 is 9.90 Å². The lowest BCUT2D eigenvalue weighted by Gasteiger charge is -2.03. The predicted octanol–water partition coefficient (Wildman–Crippen LogP) is 3.56. The Morgan fingerprint density at radius 3 is 2.71 bits per heavy atom. The summed E-state index contributed by atoms with van der Waals surface area (Å²) >= 11 is 3.13. The Labute approximate surface area is 129 Å². The molecular weight excluding hydrogens is 302 g/mol. The van der Waals surface area contributed by atoms with E-state index in [1.807, 2.05) is 29.6 Å². The molecule has 0 saturated heterocycles. The number of hydrogen-bond acceptors (Lipinski definition) is 4. The summed E-state index contributed by atoms with van der Waals surface area (Å²) in [6.45, 7) is -0.159. The molecule has 0 radical (unpaired) electrons. The Hall–Kier alpha value is -2.13. The van der Waals surface area contributed by atoms with Crippen molar-refractivity contribution in [1.29, 1.82) is 0 Å². The van der Waals surface area contributed by atoms with E-state index in [2.05, 4.69) is 17.2 Å². The molecule has 2 aromatic heterocycles. The fourth-order valence-electron chi connectivity index (χ4n) is 1.85. The van der Waals surface area contributed by atoms with Gasteiger partial charge in [-0.15, -0.1) is 22.7 Å². The van der Waals surface area contributed by atoms with Crippen molar-refractivity contribution in [3.63, 3.8) is 0 Å². The van der Waals surface area contributed by atoms with Gasteiger partial charge in [0, 0.05) is 20.7 Å². The van der Waals surface area contributed by atoms with E-state index in [1.54, 1.807) is 23.5 Å². The second-order valence-electron chi connectivity index (χ2n) is 4.25. The number of aliphatic hydroxyl groups excluding tert-OH is 1. The average Bonchev–Trinajstić information content (AvgIpc) is 3.07. The van der Waals surface area contributed by atoms with Gasteiger partial charge in [0.1, 0.15) is 6.61 Å². The summed E-state index contributed by atoms with van der Waals surface area (Å²) in [7, 11) is 0. The fraction of sp³-hybridized carbons (Fsp3) is 0.0625. The van der Waals surface area contributed by atoms with E-state index < -0.39 is 0 Å². The SMILES string of the molecule is O=C(Nc1ccc(C#CCO)cc1)c1cc2sccc2s1. The Morgan fingerprint density at radius 1 is 1.19 bits per heavy atom. The van der Waals surface area contributed by atoms with Crippen molar-refractivity contribution in [2.24, 2.45) is 0 Å². The summed E-state index contributed by atoms with van der Waals surface area (Å²) in [5.74, 6) is 5.30. The molecule has 0 unspecified atom stereocenters. The zero-order valence-corrected chi connectivity index (χ0v) is 12.6. The van der Waals surface area contributed by atoms with Crippen LogP contribution in [0, 0.1) is 11.8 Å². The van der Waals surface area contributed by atoms with E-state index in [1.165, 1.54) is 11.3 Å². The number of hydrogen-bond donors (Lipinski definition) is 2. The van der Waals surface area contributed by atoms with E-state index >= 15 is 0 Å². The highest BCUT2D eigenvalue weighted by atomic mass is 32.1. The maximum absolute atomic E-state index is 12.2. The monoisotopic (exact) mass is 313 g/mol. The first-order valence-electron chi connectivity index (χ1n) is 6.24. The molecule has 0 atom stereocenters. The van der Waals surface area contributed by atoms with E-state index in [9.17, 15) is 4.79 Å². The molecule has 5 heteroatoms. The van der Waals surface area contributed by atoms with Crippen molar-refractivity contribution in [2.75, 3.05) is 11.9 Å². The minimum Gasteiger partial charge on any atom is -0.384 e. The summed E-state index contributed by atoms with van der Waals surface area (Å²) in [5, 5.41) is 13.5. The molecule has 0 aliphatic rings. The lowest BCUT2D eigenvalue weighted by atomic mass is 10.2. The first-order valence-corrected chi connectivity index (χ1v) is 7.94. The molecule has 0 aliphatic heterocycles. The van der Waals surface area contributed by atoms with Crippen molar-refractivity contribution in [1.82, 2.24) is 0 Å². The maximum atomic E-state index is 12.2. The molecule has 0 spiro atoms. The fourth-order valence-corrected chi connectivity index (χ4v) is 3.85. The van der Waals surface area contributed by atoms with Crippen LogP contribution in [-0.4, -0.2) is 17.6 Å². The molecule has 1 amide bonds. The topological polar surface area (TPSA) is 49.3 Å². The van der Waals surface area contributed by atoms with Gasteiger partial charge in [-0.1, -0.05) is 11.8 Å². The van der Waals surface area contributed by atoms with E-state index in [0.29, 0.717) is 4.88 Å². The number of carbonyl (C=O) groups is 1.